The number of benzene rings is 1. The van der Waals surface area contributed by atoms with Gasteiger partial charge in [0, 0.05) is 13.1 Å². The second kappa shape index (κ2) is 4.73. The molecule has 0 spiro atoms. The van der Waals surface area contributed by atoms with Crippen LogP contribution in [0.3, 0.4) is 0 Å². The van der Waals surface area contributed by atoms with Gasteiger partial charge in [0.05, 0.1) is 17.1 Å². The minimum Gasteiger partial charge on any atom is -0.330 e. The molecule has 96 valence electrons. The van der Waals surface area contributed by atoms with Gasteiger partial charge < -0.3 is 9.88 Å². The van der Waals surface area contributed by atoms with Gasteiger partial charge in [-0.1, -0.05) is 25.0 Å². The van der Waals surface area contributed by atoms with Crippen LogP contribution in [0, 0.1) is 0 Å². The fourth-order valence-corrected chi connectivity index (χ4v) is 3.07. The van der Waals surface area contributed by atoms with E-state index in [0.29, 0.717) is 12.1 Å². The van der Waals surface area contributed by atoms with Gasteiger partial charge in [-0.05, 0) is 31.9 Å². The molecule has 3 heteroatoms. The first-order valence-corrected chi connectivity index (χ1v) is 6.93. The van der Waals surface area contributed by atoms with Crippen LogP contribution in [0.1, 0.15) is 44.5 Å². The summed E-state index contributed by atoms with van der Waals surface area (Å²) in [5.41, 5.74) is 2.31. The zero-order valence-corrected chi connectivity index (χ0v) is 11.2. The minimum absolute atomic E-state index is 0.325. The normalized spacial score (nSPS) is 18.6. The zero-order chi connectivity index (χ0) is 12.5. The SMILES string of the molecule is C[C@H](NC1CCCC1)c1nc2ccccc2n1C. The van der Waals surface area contributed by atoms with Crippen molar-refractivity contribution in [3.05, 3.63) is 30.1 Å². The molecule has 0 aliphatic heterocycles. The molecule has 0 amide bonds. The average Bonchev–Trinajstić information content (AvgIpc) is 2.98. The third kappa shape index (κ3) is 2.03. The number of nitrogens with one attached hydrogen (secondary N) is 1. The maximum atomic E-state index is 4.75. The first kappa shape index (κ1) is 11.7. The Balaban J connectivity index is 1.86. The van der Waals surface area contributed by atoms with E-state index in [1.807, 2.05) is 6.07 Å². The Bertz CT molecular complexity index is 538. The molecule has 2 aromatic rings. The molecule has 1 heterocycles. The number of rotatable bonds is 3. The molecule has 1 saturated carbocycles. The van der Waals surface area contributed by atoms with E-state index in [1.165, 1.54) is 31.2 Å². The van der Waals surface area contributed by atoms with Gasteiger partial charge in [0.2, 0.25) is 0 Å². The second-order valence-electron chi connectivity index (χ2n) is 5.39. The number of imidazole rings is 1. The molecule has 1 aliphatic rings. The van der Waals surface area contributed by atoms with E-state index in [4.69, 9.17) is 4.98 Å². The van der Waals surface area contributed by atoms with E-state index < -0.39 is 0 Å². The molecule has 1 atom stereocenters. The van der Waals surface area contributed by atoms with Gasteiger partial charge >= 0.3 is 0 Å². The van der Waals surface area contributed by atoms with E-state index >= 15 is 0 Å². The lowest BCUT2D eigenvalue weighted by atomic mass is 10.2. The van der Waals surface area contributed by atoms with Crippen LogP contribution in [-0.4, -0.2) is 15.6 Å². The summed E-state index contributed by atoms with van der Waals surface area (Å²) in [7, 11) is 2.11. The van der Waals surface area contributed by atoms with Crippen LogP contribution in [0.2, 0.25) is 0 Å². The van der Waals surface area contributed by atoms with Crippen molar-refractivity contribution in [1.82, 2.24) is 14.9 Å². The number of nitrogens with zero attached hydrogens (tertiary/aromatic N) is 2. The Morgan fingerprint density at radius 1 is 1.28 bits per heavy atom. The van der Waals surface area contributed by atoms with E-state index in [2.05, 4.69) is 42.1 Å². The first-order chi connectivity index (χ1) is 8.75. The maximum absolute atomic E-state index is 4.75. The monoisotopic (exact) mass is 243 g/mol. The highest BCUT2D eigenvalue weighted by Crippen LogP contribution is 2.23. The molecule has 1 aromatic carbocycles. The van der Waals surface area contributed by atoms with E-state index in [0.717, 1.165) is 11.3 Å². The summed E-state index contributed by atoms with van der Waals surface area (Å²) in [6, 6.07) is 9.34. The highest BCUT2D eigenvalue weighted by Gasteiger charge is 2.20. The Morgan fingerprint density at radius 3 is 2.72 bits per heavy atom. The molecule has 3 nitrogen and oxygen atoms in total. The molecule has 1 N–H and O–H groups in total. The largest absolute Gasteiger partial charge is 0.330 e. The fourth-order valence-electron chi connectivity index (χ4n) is 3.07. The fraction of sp³-hybridized carbons (Fsp3) is 0.533. The van der Waals surface area contributed by atoms with Crippen molar-refractivity contribution in [3.63, 3.8) is 0 Å². The Labute approximate surface area is 108 Å². The van der Waals surface area contributed by atoms with Crippen molar-refractivity contribution in [1.29, 1.82) is 0 Å². The van der Waals surface area contributed by atoms with Gasteiger partial charge in [0.1, 0.15) is 5.82 Å². The zero-order valence-electron chi connectivity index (χ0n) is 11.2. The van der Waals surface area contributed by atoms with Gasteiger partial charge in [-0.15, -0.1) is 0 Å². The third-order valence-electron chi connectivity index (χ3n) is 4.05. The number of hydrogen-bond acceptors (Lipinski definition) is 2. The molecule has 0 unspecified atom stereocenters. The van der Waals surface area contributed by atoms with E-state index in [1.54, 1.807) is 0 Å². The Kier molecular flexibility index (Phi) is 3.08. The molecular formula is C15H21N3. The summed E-state index contributed by atoms with van der Waals surface area (Å²) in [5.74, 6) is 1.14. The lowest BCUT2D eigenvalue weighted by molar-refractivity contribution is 0.441. The standard InChI is InChI=1S/C15H21N3/c1-11(16-12-7-3-4-8-12)15-17-13-9-5-6-10-14(13)18(15)2/h5-6,9-12,16H,3-4,7-8H2,1-2H3/t11-/m0/s1. The summed E-state index contributed by atoms with van der Waals surface area (Å²) < 4.78 is 2.21. The number of aromatic nitrogens is 2. The van der Waals surface area contributed by atoms with Gasteiger partial charge in [-0.25, -0.2) is 4.98 Å². The van der Waals surface area contributed by atoms with Crippen LogP contribution in [0.15, 0.2) is 24.3 Å². The average molecular weight is 243 g/mol. The summed E-state index contributed by atoms with van der Waals surface area (Å²) >= 11 is 0. The summed E-state index contributed by atoms with van der Waals surface area (Å²) in [6.07, 6.45) is 5.36. The van der Waals surface area contributed by atoms with Gasteiger partial charge in [0.25, 0.3) is 0 Å². The number of fused-ring (bicyclic) bond motifs is 1. The van der Waals surface area contributed by atoms with Crippen molar-refractivity contribution < 1.29 is 0 Å². The van der Waals surface area contributed by atoms with Crippen LogP contribution in [-0.2, 0) is 7.05 Å². The molecule has 3 rings (SSSR count). The highest BCUT2D eigenvalue weighted by molar-refractivity contribution is 5.75. The van der Waals surface area contributed by atoms with Crippen LogP contribution >= 0.6 is 0 Å². The van der Waals surface area contributed by atoms with E-state index in [-0.39, 0.29) is 0 Å². The number of para-hydroxylation sites is 2. The Morgan fingerprint density at radius 2 is 2.00 bits per heavy atom. The highest BCUT2D eigenvalue weighted by atomic mass is 15.1. The number of hydrogen-bond donors (Lipinski definition) is 1. The van der Waals surface area contributed by atoms with Crippen LogP contribution in [0.5, 0.6) is 0 Å². The molecule has 1 fully saturated rings. The summed E-state index contributed by atoms with van der Waals surface area (Å²) in [6.45, 7) is 2.22. The molecular weight excluding hydrogens is 222 g/mol. The van der Waals surface area contributed by atoms with Crippen molar-refractivity contribution in [2.45, 2.75) is 44.7 Å². The van der Waals surface area contributed by atoms with Crippen molar-refractivity contribution >= 4 is 11.0 Å². The van der Waals surface area contributed by atoms with Gasteiger partial charge in [0.15, 0.2) is 0 Å². The van der Waals surface area contributed by atoms with Crippen molar-refractivity contribution in [3.8, 4) is 0 Å². The smallest absolute Gasteiger partial charge is 0.126 e. The molecule has 1 aromatic heterocycles. The van der Waals surface area contributed by atoms with Gasteiger partial charge in [-0.2, -0.15) is 0 Å². The predicted octanol–water partition coefficient (Wildman–Crippen LogP) is 3.17. The topological polar surface area (TPSA) is 29.9 Å². The molecule has 0 bridgehead atoms. The Hall–Kier alpha value is -1.35. The maximum Gasteiger partial charge on any atom is 0.126 e. The lowest BCUT2D eigenvalue weighted by Gasteiger charge is -2.18. The lowest BCUT2D eigenvalue weighted by Crippen LogP contribution is -2.30. The van der Waals surface area contributed by atoms with Crippen molar-refractivity contribution in [2.24, 2.45) is 7.05 Å². The predicted molar refractivity (Wildman–Crippen MR) is 74.5 cm³/mol. The first-order valence-electron chi connectivity index (χ1n) is 6.93. The van der Waals surface area contributed by atoms with Gasteiger partial charge in [-0.3, -0.25) is 0 Å². The second-order valence-corrected chi connectivity index (χ2v) is 5.39. The van der Waals surface area contributed by atoms with Crippen molar-refractivity contribution in [2.75, 3.05) is 0 Å². The van der Waals surface area contributed by atoms with E-state index in [9.17, 15) is 0 Å². The third-order valence-corrected chi connectivity index (χ3v) is 4.05. The molecule has 0 saturated heterocycles. The summed E-state index contributed by atoms with van der Waals surface area (Å²) in [4.78, 5) is 4.75. The molecule has 18 heavy (non-hydrogen) atoms. The minimum atomic E-state index is 0.325. The quantitative estimate of drug-likeness (QED) is 0.897. The number of aryl methyl sites for hydroxylation is 1. The van der Waals surface area contributed by atoms with Crippen LogP contribution in [0.25, 0.3) is 11.0 Å². The molecule has 0 radical (unpaired) electrons. The molecule has 1 aliphatic carbocycles. The summed E-state index contributed by atoms with van der Waals surface area (Å²) in [5, 5.41) is 3.71. The van der Waals surface area contributed by atoms with Crippen LogP contribution in [0.4, 0.5) is 0 Å². The van der Waals surface area contributed by atoms with Crippen LogP contribution < -0.4 is 5.32 Å².